The summed E-state index contributed by atoms with van der Waals surface area (Å²) in [6, 6.07) is 7.31. The largest absolute Gasteiger partial charge is 0.484 e. The molecule has 0 radical (unpaired) electrons. The summed E-state index contributed by atoms with van der Waals surface area (Å²) in [5.41, 5.74) is 6.50. The second kappa shape index (κ2) is 8.34. The maximum absolute atomic E-state index is 12.2. The van der Waals surface area contributed by atoms with Crippen LogP contribution in [0.1, 0.15) is 38.5 Å². The normalized spacial score (nSPS) is 22.9. The first kappa shape index (κ1) is 17.7. The zero-order chi connectivity index (χ0) is 17.6. The fourth-order valence-corrected chi connectivity index (χ4v) is 3.33. The van der Waals surface area contributed by atoms with Crippen LogP contribution in [-0.4, -0.2) is 31.0 Å². The Morgan fingerprint density at radius 1 is 1.16 bits per heavy atom. The van der Waals surface area contributed by atoms with E-state index in [1.165, 1.54) is 6.42 Å². The number of hydrogen-bond acceptors (Lipinski definition) is 4. The lowest BCUT2D eigenvalue weighted by Gasteiger charge is -2.31. The topological polar surface area (TPSA) is 93.4 Å². The van der Waals surface area contributed by atoms with Crippen LogP contribution in [0.3, 0.4) is 0 Å². The number of benzene rings is 1. The summed E-state index contributed by atoms with van der Waals surface area (Å²) in [5.74, 6) is 1.01. The van der Waals surface area contributed by atoms with E-state index >= 15 is 0 Å². The standard InChI is InChI=1S/C19H27N3O3/c20-11-14-4-1-2-7-17(14)22-18(23)12-25-16-6-3-5-15(10-16)21-19(24)13-8-9-13/h3,5-6,10,13-14,17H,1-2,4,7-9,11-12,20H2,(H,21,24)(H,22,23). The maximum atomic E-state index is 12.2. The van der Waals surface area contributed by atoms with Crippen LogP contribution in [0.15, 0.2) is 24.3 Å². The molecule has 2 fully saturated rings. The van der Waals surface area contributed by atoms with Crippen molar-refractivity contribution in [2.24, 2.45) is 17.6 Å². The third-order valence-electron chi connectivity index (χ3n) is 4.98. The monoisotopic (exact) mass is 345 g/mol. The van der Waals surface area contributed by atoms with Gasteiger partial charge < -0.3 is 21.1 Å². The molecule has 0 saturated heterocycles. The van der Waals surface area contributed by atoms with Crippen molar-refractivity contribution in [1.82, 2.24) is 5.32 Å². The fraction of sp³-hybridized carbons (Fsp3) is 0.579. The van der Waals surface area contributed by atoms with Gasteiger partial charge >= 0.3 is 0 Å². The van der Waals surface area contributed by atoms with E-state index < -0.39 is 0 Å². The molecule has 6 nitrogen and oxygen atoms in total. The Morgan fingerprint density at radius 3 is 2.72 bits per heavy atom. The van der Waals surface area contributed by atoms with Gasteiger partial charge in [0.05, 0.1) is 0 Å². The van der Waals surface area contributed by atoms with E-state index in [-0.39, 0.29) is 30.4 Å². The van der Waals surface area contributed by atoms with Crippen molar-refractivity contribution in [2.75, 3.05) is 18.5 Å². The number of nitrogens with one attached hydrogen (secondary N) is 2. The summed E-state index contributed by atoms with van der Waals surface area (Å²) in [5, 5.41) is 5.92. The van der Waals surface area contributed by atoms with Crippen LogP contribution in [0.4, 0.5) is 5.69 Å². The Labute approximate surface area is 148 Å². The molecule has 6 heteroatoms. The van der Waals surface area contributed by atoms with Gasteiger partial charge in [-0.1, -0.05) is 18.9 Å². The summed E-state index contributed by atoms with van der Waals surface area (Å²) in [6.07, 6.45) is 6.30. The molecular weight excluding hydrogens is 318 g/mol. The van der Waals surface area contributed by atoms with E-state index in [2.05, 4.69) is 10.6 Å². The molecule has 2 aliphatic carbocycles. The van der Waals surface area contributed by atoms with Crippen LogP contribution in [0, 0.1) is 11.8 Å². The van der Waals surface area contributed by atoms with Gasteiger partial charge in [-0.25, -0.2) is 0 Å². The third-order valence-corrected chi connectivity index (χ3v) is 4.98. The Balaban J connectivity index is 1.47. The lowest BCUT2D eigenvalue weighted by atomic mass is 9.84. The van der Waals surface area contributed by atoms with Crippen LogP contribution >= 0.6 is 0 Å². The Kier molecular flexibility index (Phi) is 5.91. The highest BCUT2D eigenvalue weighted by Gasteiger charge is 2.29. The molecule has 1 aromatic rings. The molecule has 0 heterocycles. The van der Waals surface area contributed by atoms with Gasteiger partial charge in [-0.2, -0.15) is 0 Å². The summed E-state index contributed by atoms with van der Waals surface area (Å²) in [7, 11) is 0. The lowest BCUT2D eigenvalue weighted by molar-refractivity contribution is -0.124. The zero-order valence-corrected chi connectivity index (χ0v) is 14.5. The SMILES string of the molecule is NCC1CCCCC1NC(=O)COc1cccc(NC(=O)C2CC2)c1. The molecule has 0 aromatic heterocycles. The summed E-state index contributed by atoms with van der Waals surface area (Å²) in [6.45, 7) is 0.572. The van der Waals surface area contributed by atoms with Crippen LogP contribution < -0.4 is 21.1 Å². The average molecular weight is 345 g/mol. The van der Waals surface area contributed by atoms with Gasteiger partial charge in [0.15, 0.2) is 6.61 Å². The van der Waals surface area contributed by atoms with Crippen LogP contribution in [-0.2, 0) is 9.59 Å². The van der Waals surface area contributed by atoms with Gasteiger partial charge in [0, 0.05) is 23.7 Å². The second-order valence-corrected chi connectivity index (χ2v) is 7.03. The highest BCUT2D eigenvalue weighted by atomic mass is 16.5. The van der Waals surface area contributed by atoms with Gasteiger partial charge in [-0.05, 0) is 50.3 Å². The molecule has 0 spiro atoms. The van der Waals surface area contributed by atoms with Crippen molar-refractivity contribution in [3.05, 3.63) is 24.3 Å². The minimum atomic E-state index is -0.127. The lowest BCUT2D eigenvalue weighted by Crippen LogP contribution is -2.46. The number of amides is 2. The number of anilines is 1. The van der Waals surface area contributed by atoms with Crippen molar-refractivity contribution < 1.29 is 14.3 Å². The van der Waals surface area contributed by atoms with E-state index in [4.69, 9.17) is 10.5 Å². The van der Waals surface area contributed by atoms with Crippen molar-refractivity contribution in [3.63, 3.8) is 0 Å². The van der Waals surface area contributed by atoms with Gasteiger partial charge in [-0.3, -0.25) is 9.59 Å². The molecule has 2 amide bonds. The highest BCUT2D eigenvalue weighted by Crippen LogP contribution is 2.30. The van der Waals surface area contributed by atoms with Gasteiger partial charge in [-0.15, -0.1) is 0 Å². The number of rotatable bonds is 7. The molecule has 2 unspecified atom stereocenters. The average Bonchev–Trinajstić information content (AvgIpc) is 3.46. The highest BCUT2D eigenvalue weighted by molar-refractivity contribution is 5.94. The summed E-state index contributed by atoms with van der Waals surface area (Å²) < 4.78 is 5.58. The Hall–Kier alpha value is -2.08. The summed E-state index contributed by atoms with van der Waals surface area (Å²) >= 11 is 0. The molecule has 2 atom stereocenters. The first-order valence-electron chi connectivity index (χ1n) is 9.19. The van der Waals surface area contributed by atoms with Gasteiger partial charge in [0.1, 0.15) is 5.75 Å². The zero-order valence-electron chi connectivity index (χ0n) is 14.5. The predicted molar refractivity (Wildman–Crippen MR) is 96.2 cm³/mol. The summed E-state index contributed by atoms with van der Waals surface area (Å²) in [4.78, 5) is 24.0. The first-order chi connectivity index (χ1) is 12.2. The third kappa shape index (κ3) is 5.19. The Morgan fingerprint density at radius 2 is 1.96 bits per heavy atom. The molecule has 25 heavy (non-hydrogen) atoms. The molecule has 0 aliphatic heterocycles. The molecule has 2 saturated carbocycles. The second-order valence-electron chi connectivity index (χ2n) is 7.03. The fourth-order valence-electron chi connectivity index (χ4n) is 3.33. The van der Waals surface area contributed by atoms with Crippen molar-refractivity contribution >= 4 is 17.5 Å². The maximum Gasteiger partial charge on any atom is 0.258 e. The number of ether oxygens (including phenoxy) is 1. The molecule has 136 valence electrons. The van der Waals surface area contributed by atoms with Crippen molar-refractivity contribution in [3.8, 4) is 5.75 Å². The van der Waals surface area contributed by atoms with Crippen LogP contribution in [0.2, 0.25) is 0 Å². The minimum Gasteiger partial charge on any atom is -0.484 e. The van der Waals surface area contributed by atoms with E-state index in [1.807, 2.05) is 6.07 Å². The van der Waals surface area contributed by atoms with Gasteiger partial charge in [0.2, 0.25) is 5.91 Å². The number of carbonyl (C=O) groups excluding carboxylic acids is 2. The number of carbonyl (C=O) groups is 2. The van der Waals surface area contributed by atoms with E-state index in [0.29, 0.717) is 23.9 Å². The van der Waals surface area contributed by atoms with E-state index in [9.17, 15) is 9.59 Å². The van der Waals surface area contributed by atoms with E-state index in [1.54, 1.807) is 18.2 Å². The van der Waals surface area contributed by atoms with Crippen LogP contribution in [0.5, 0.6) is 5.75 Å². The van der Waals surface area contributed by atoms with E-state index in [0.717, 1.165) is 32.1 Å². The van der Waals surface area contributed by atoms with Crippen LogP contribution in [0.25, 0.3) is 0 Å². The Bertz CT molecular complexity index is 616. The smallest absolute Gasteiger partial charge is 0.258 e. The van der Waals surface area contributed by atoms with Crippen molar-refractivity contribution in [2.45, 2.75) is 44.6 Å². The molecule has 2 aliphatic rings. The number of hydrogen-bond donors (Lipinski definition) is 3. The first-order valence-corrected chi connectivity index (χ1v) is 9.19. The molecule has 0 bridgehead atoms. The quantitative estimate of drug-likeness (QED) is 0.705. The number of nitrogens with two attached hydrogens (primary N) is 1. The molecule has 1 aromatic carbocycles. The molecule has 3 rings (SSSR count). The molecular formula is C19H27N3O3. The predicted octanol–water partition coefficient (Wildman–Crippen LogP) is 2.05. The molecule has 4 N–H and O–H groups in total. The van der Waals surface area contributed by atoms with Crippen molar-refractivity contribution in [1.29, 1.82) is 0 Å². The minimum absolute atomic E-state index is 0.0339. The van der Waals surface area contributed by atoms with Gasteiger partial charge in [0.25, 0.3) is 5.91 Å².